The number of fused-ring (bicyclic) bond motifs is 3. The molecule has 0 aliphatic carbocycles. The van der Waals surface area contributed by atoms with Crippen molar-refractivity contribution in [1.29, 1.82) is 0 Å². The van der Waals surface area contributed by atoms with E-state index in [0.717, 1.165) is 0 Å². The van der Waals surface area contributed by atoms with Crippen LogP contribution in [0, 0.1) is 6.57 Å². The summed E-state index contributed by atoms with van der Waals surface area (Å²) in [5.41, 5.74) is 0.943. The number of hydrogen-bond acceptors (Lipinski definition) is 28. The van der Waals surface area contributed by atoms with E-state index in [0.29, 0.717) is 36.0 Å². The summed E-state index contributed by atoms with van der Waals surface area (Å²) in [5.74, 6) is -1.96. The number of nitrogens with zero attached hydrogens (tertiary/aromatic N) is 20. The average molecular weight is 1710 g/mol. The summed E-state index contributed by atoms with van der Waals surface area (Å²) < 4.78 is 63.9. The van der Waals surface area contributed by atoms with Crippen LogP contribution in [0.25, 0.3) is 38.3 Å². The zero-order valence-corrected chi connectivity index (χ0v) is 73.6. The number of rotatable bonds is 42. The van der Waals surface area contributed by atoms with Crippen molar-refractivity contribution in [2.24, 2.45) is 36.1 Å². The molecule has 7 atom stereocenters. The second-order valence-corrected chi connectivity index (χ2v) is 29.5. The molecule has 6 heterocycles. The van der Waals surface area contributed by atoms with E-state index >= 15 is 0 Å². The highest BCUT2D eigenvalue weighted by molar-refractivity contribution is 7.44. The number of esters is 4. The minimum absolute atomic E-state index is 0.00529. The molecule has 0 aliphatic heterocycles. The highest BCUT2D eigenvalue weighted by Gasteiger charge is 2.32. The predicted octanol–water partition coefficient (Wildman–Crippen LogP) is 8.89. The highest BCUT2D eigenvalue weighted by atomic mass is 31.2. The summed E-state index contributed by atoms with van der Waals surface area (Å²) in [5, 5.41) is 12.1. The summed E-state index contributed by atoms with van der Waals surface area (Å²) in [6.07, 6.45) is 5.91. The molecule has 1 unspecified atom stereocenters. The lowest BCUT2D eigenvalue weighted by molar-refractivity contribution is -0.154. The first-order valence-corrected chi connectivity index (χ1v) is 40.8. The third-order valence-corrected chi connectivity index (χ3v) is 19.6. The molecule has 9 aromatic rings. The third kappa shape index (κ3) is 28.9. The smallest absolute Gasteiger partial charge is 0.338 e. The Balaban J connectivity index is 0.000000284. The lowest BCUT2D eigenvalue weighted by Crippen LogP contribution is -2.35. The van der Waals surface area contributed by atoms with Crippen molar-refractivity contribution in [2.45, 2.75) is 143 Å². The highest BCUT2D eigenvalue weighted by Crippen LogP contribution is 2.46. The van der Waals surface area contributed by atoms with E-state index < -0.39 is 75.0 Å². The third-order valence-electron chi connectivity index (χ3n) is 17.5. The average Bonchev–Trinajstić information content (AvgIpc) is 1.62. The van der Waals surface area contributed by atoms with Crippen molar-refractivity contribution in [1.82, 2.24) is 82.0 Å². The maximum absolute atomic E-state index is 13.2. The number of imidazole rings is 3. The van der Waals surface area contributed by atoms with Crippen LogP contribution in [0.5, 0.6) is 0 Å². The molecule has 0 fully saturated rings. The summed E-state index contributed by atoms with van der Waals surface area (Å²) in [4.78, 5) is 149. The summed E-state index contributed by atoms with van der Waals surface area (Å²) in [6.45, 7) is 24.8. The number of aromatic nitrogens is 12. The Morgan fingerprint density at radius 3 is 1.15 bits per heavy atom. The fourth-order valence-corrected chi connectivity index (χ4v) is 12.7. The fraction of sp³-hybridized carbons (Fsp3) is 0.488. The molecule has 0 spiro atoms. The van der Waals surface area contributed by atoms with Gasteiger partial charge in [0, 0.05) is 89.0 Å². The van der Waals surface area contributed by atoms with E-state index in [1.54, 1.807) is 153 Å². The van der Waals surface area contributed by atoms with Crippen LogP contribution >= 0.6 is 8.53 Å². The van der Waals surface area contributed by atoms with Crippen molar-refractivity contribution in [3.8, 4) is 0 Å². The van der Waals surface area contributed by atoms with Crippen molar-refractivity contribution in [2.75, 3.05) is 102 Å². The van der Waals surface area contributed by atoms with Gasteiger partial charge in [0.1, 0.15) is 33.0 Å². The normalized spacial score (nSPS) is 13.2. The minimum Gasteiger partial charge on any atom is -0.463 e. The first-order chi connectivity index (χ1) is 58.5. The molecule has 1 amide bonds. The zero-order chi connectivity index (χ0) is 89.7. The van der Waals surface area contributed by atoms with Gasteiger partial charge in [-0.25, -0.2) is 55.6 Å². The van der Waals surface area contributed by atoms with Crippen molar-refractivity contribution >= 4 is 109 Å². The van der Waals surface area contributed by atoms with Gasteiger partial charge in [-0.1, -0.05) is 89.2 Å². The van der Waals surface area contributed by atoms with Crippen LogP contribution in [-0.4, -0.2) is 263 Å². The topological polar surface area (TPSA) is 413 Å². The first kappa shape index (κ1) is 98.9. The molecule has 40 heteroatoms. The lowest BCUT2D eigenvalue weighted by atomic mass is 10.2. The Bertz CT molecular complexity index is 5130. The summed E-state index contributed by atoms with van der Waals surface area (Å²) in [7, 11) is 15.5. The van der Waals surface area contributed by atoms with Gasteiger partial charge >= 0.3 is 23.9 Å². The number of aliphatic imine (C=N–C) groups is 3. The van der Waals surface area contributed by atoms with Gasteiger partial charge in [0.25, 0.3) is 25.2 Å². The van der Waals surface area contributed by atoms with E-state index in [-0.39, 0.29) is 146 Å². The van der Waals surface area contributed by atoms with Gasteiger partial charge in [0.15, 0.2) is 52.2 Å². The van der Waals surface area contributed by atoms with E-state index in [1.165, 1.54) is 68.6 Å². The Labute approximate surface area is 709 Å². The number of carbonyl (C=O) groups is 5. The Hall–Kier alpha value is -11.9. The number of carbonyl (C=O) groups excluding carboxylic acids is 5. The van der Waals surface area contributed by atoms with Crippen LogP contribution in [-0.2, 0) is 72.9 Å². The standard InChI is InChI=1S/C31H45N8O6P.C27H35N7O7.C22H28N6O5.C2H6/c1-10-25(18-44-46(43-17-16-32-6)39(22(2)3)23(4)5)45-26(19-42-30(41)24-14-12-11-13-15-24)38-21-33-27-28(38)35-31(34-20-36(7)8)37(9)29(27)40;1-6-19(14-39-22(36)13-12-20(35)28-2)41-21(15-40-26(38)18-10-8-7-9-11-18)34-17-29-23-24(34)31-27(30-16-32(3)4)33(5)25(23)37;1-5-16(11-29)33-17(12-32-21(31)15-9-7-6-8-10-15)28-14-23-18-19(28)25-22(24-13-26(2)3)27(4)20(18)30;1-2/h11-15,20-23,25-26H,10,16-19H2,1-5,7-9H3;7-11,16-17,19,21H,6,12-15H2,1-5H3,(H,28,35);6-10,13-14,16-17,29H,5,11-12H2,1-4H3;1-2H3/t25-,26-,46?;19-,21-;16-,17-;/m111./s1. The Morgan fingerprint density at radius 2 is 0.844 bits per heavy atom. The molecule has 0 bridgehead atoms. The predicted molar refractivity (Wildman–Crippen MR) is 462 cm³/mol. The van der Waals surface area contributed by atoms with Gasteiger partial charge in [0.2, 0.25) is 30.3 Å². The second-order valence-electron chi connectivity index (χ2n) is 28.0. The van der Waals surface area contributed by atoms with Crippen molar-refractivity contribution in [3.63, 3.8) is 0 Å². The van der Waals surface area contributed by atoms with Crippen LogP contribution < -0.4 is 22.0 Å². The number of aliphatic hydroxyl groups excluding tert-OH is 1. The van der Waals surface area contributed by atoms with Crippen LogP contribution in [0.1, 0.15) is 144 Å². The number of nitrogens with one attached hydrogen (secondary N) is 1. The van der Waals surface area contributed by atoms with Gasteiger partial charge in [-0.3, -0.25) is 51.4 Å². The molecule has 39 nitrogen and oxygen atoms in total. The fourth-order valence-electron chi connectivity index (χ4n) is 11.1. The largest absolute Gasteiger partial charge is 0.463 e. The first-order valence-electron chi connectivity index (χ1n) is 39.7. The molecule has 0 aliphatic rings. The molecule has 9 rings (SSSR count). The van der Waals surface area contributed by atoms with Gasteiger partial charge in [-0.15, -0.1) is 0 Å². The van der Waals surface area contributed by atoms with Crippen molar-refractivity contribution < 1.29 is 71.3 Å². The molecule has 122 heavy (non-hydrogen) atoms. The number of benzene rings is 3. The lowest BCUT2D eigenvalue weighted by Gasteiger charge is -2.36. The molecule has 6 aromatic heterocycles. The van der Waals surface area contributed by atoms with Crippen molar-refractivity contribution in [3.05, 3.63) is 169 Å². The number of ether oxygens (including phenoxy) is 7. The van der Waals surface area contributed by atoms with Gasteiger partial charge in [0.05, 0.1) is 92.6 Å². The van der Waals surface area contributed by atoms with Crippen LogP contribution in [0.3, 0.4) is 0 Å². The maximum Gasteiger partial charge on any atom is 0.338 e. The Kier molecular flexibility index (Phi) is 40.8. The molecule has 3 aromatic carbocycles. The van der Waals surface area contributed by atoms with Gasteiger partial charge in [-0.2, -0.15) is 15.0 Å². The minimum atomic E-state index is -1.49. The van der Waals surface area contributed by atoms with Gasteiger partial charge in [-0.05, 0) is 83.4 Å². The molecule has 0 saturated heterocycles. The Morgan fingerprint density at radius 1 is 0.508 bits per heavy atom. The van der Waals surface area contributed by atoms with E-state index in [4.69, 9.17) is 48.8 Å². The van der Waals surface area contributed by atoms with Crippen LogP contribution in [0.4, 0.5) is 17.8 Å². The number of aliphatic hydroxyl groups is 1. The molecular weight excluding hydrogens is 1600 g/mol. The molecule has 2 N–H and O–H groups in total. The monoisotopic (exact) mass is 1710 g/mol. The van der Waals surface area contributed by atoms with Crippen LogP contribution in [0.15, 0.2) is 139 Å². The summed E-state index contributed by atoms with van der Waals surface area (Å²) in [6, 6.07) is 26.0. The van der Waals surface area contributed by atoms with Gasteiger partial charge < -0.3 is 72.2 Å². The second kappa shape index (κ2) is 50.4. The molecule has 0 saturated carbocycles. The molecule has 0 radical (unpaired) electrons. The summed E-state index contributed by atoms with van der Waals surface area (Å²) >= 11 is 0. The maximum atomic E-state index is 13.2. The molecular formula is C82H114N21O18P. The van der Waals surface area contributed by atoms with E-state index in [2.05, 4.69) is 87.4 Å². The van der Waals surface area contributed by atoms with E-state index in [9.17, 15) is 43.5 Å². The number of hydrogen-bond donors (Lipinski definition) is 2. The number of amides is 1. The zero-order valence-electron chi connectivity index (χ0n) is 72.7. The SMILES string of the molecule is CC.CC[C@H](CO)O[C@H](COC(=O)c1ccccc1)n1cnc2c(=O)n(C)c(N=CN(C)C)nc21.CC[C@H](COC(=O)CCC(=O)NC)O[C@H](COC(=O)c1ccccc1)n1cnc2c(=O)n(C)c(N=CN(C)C)nc21.[C-]#[N+]CCOP(OC[C@@H](CC)O[C@H](COC(=O)c1ccccc1)n1cnc2c(=O)n(C)c(N=CN(C)C)nc21)N(C(C)C)C(C)C. The quantitative estimate of drug-likeness (QED) is 0.00685. The molecule has 660 valence electrons. The van der Waals surface area contributed by atoms with E-state index in [1.807, 2.05) is 54.8 Å². The van der Waals surface area contributed by atoms with Crippen LogP contribution in [0.2, 0.25) is 0 Å².